The number of aromatic nitrogens is 1. The van der Waals surface area contributed by atoms with Crippen molar-refractivity contribution >= 4 is 17.5 Å². The predicted octanol–water partition coefficient (Wildman–Crippen LogP) is 2.77. The molecule has 0 saturated carbocycles. The molecule has 20 heavy (non-hydrogen) atoms. The molecule has 1 aromatic carbocycles. The zero-order chi connectivity index (χ0) is 13.9. The number of hydrogen-bond donors (Lipinski definition) is 0. The summed E-state index contributed by atoms with van der Waals surface area (Å²) < 4.78 is 5.65. The predicted molar refractivity (Wildman–Crippen MR) is 75.9 cm³/mol. The molecule has 0 atom stereocenters. The third-order valence-corrected chi connectivity index (χ3v) is 3.42. The van der Waals surface area contributed by atoms with Gasteiger partial charge in [-0.05, 0) is 18.2 Å². The van der Waals surface area contributed by atoms with Gasteiger partial charge in [0.2, 0.25) is 0 Å². The Balaban J connectivity index is 1.86. The number of rotatable bonds is 1. The number of hydrogen-bond acceptors (Lipinski definition) is 3. The molecule has 0 unspecified atom stereocenters. The minimum atomic E-state index is -0.132. The molecule has 5 heteroatoms. The van der Waals surface area contributed by atoms with Crippen LogP contribution < -0.4 is 4.74 Å². The number of fused-ring (bicyclic) bond motifs is 1. The zero-order valence-corrected chi connectivity index (χ0v) is 11.5. The molecule has 1 aromatic heterocycles. The molecule has 1 amide bonds. The van der Waals surface area contributed by atoms with Gasteiger partial charge in [0.25, 0.3) is 5.91 Å². The Morgan fingerprint density at radius 1 is 1.30 bits per heavy atom. The zero-order valence-electron chi connectivity index (χ0n) is 10.8. The van der Waals surface area contributed by atoms with Crippen LogP contribution in [-0.2, 0) is 6.54 Å². The van der Waals surface area contributed by atoms with E-state index in [0.717, 1.165) is 11.3 Å². The van der Waals surface area contributed by atoms with Crippen molar-refractivity contribution in [3.8, 4) is 5.75 Å². The highest BCUT2D eigenvalue weighted by Crippen LogP contribution is 2.23. The van der Waals surface area contributed by atoms with Gasteiger partial charge in [0.05, 0.1) is 6.54 Å². The van der Waals surface area contributed by atoms with Gasteiger partial charge in [-0.25, -0.2) is 0 Å². The number of para-hydroxylation sites is 1. The number of nitrogens with zero attached hydrogens (tertiary/aromatic N) is 2. The lowest BCUT2D eigenvalue weighted by Gasteiger charge is -2.19. The largest absolute Gasteiger partial charge is 0.491 e. The number of benzene rings is 1. The van der Waals surface area contributed by atoms with E-state index in [9.17, 15) is 4.79 Å². The third-order valence-electron chi connectivity index (χ3n) is 3.18. The van der Waals surface area contributed by atoms with E-state index in [4.69, 9.17) is 16.3 Å². The molecule has 0 spiro atoms. The molecule has 1 aliphatic heterocycles. The number of ether oxygens (including phenoxy) is 1. The summed E-state index contributed by atoms with van der Waals surface area (Å²) in [5, 5.41) is 0.509. The van der Waals surface area contributed by atoms with Crippen LogP contribution in [0, 0.1) is 0 Å². The molecule has 0 aliphatic carbocycles. The Hall–Kier alpha value is -2.07. The number of carbonyl (C=O) groups is 1. The van der Waals surface area contributed by atoms with E-state index < -0.39 is 0 Å². The lowest BCUT2D eigenvalue weighted by Crippen LogP contribution is -2.33. The fraction of sp³-hybridized carbons (Fsp3) is 0.200. The van der Waals surface area contributed by atoms with Gasteiger partial charge < -0.3 is 9.64 Å². The second-order valence-corrected chi connectivity index (χ2v) is 4.98. The van der Waals surface area contributed by atoms with E-state index in [0.29, 0.717) is 30.4 Å². The Kier molecular flexibility index (Phi) is 3.56. The average molecular weight is 289 g/mol. The van der Waals surface area contributed by atoms with E-state index >= 15 is 0 Å². The first-order valence-corrected chi connectivity index (χ1v) is 6.73. The second-order valence-electron chi connectivity index (χ2n) is 4.54. The maximum Gasteiger partial charge on any atom is 0.272 e. The summed E-state index contributed by atoms with van der Waals surface area (Å²) in [5.41, 5.74) is 1.36. The lowest BCUT2D eigenvalue weighted by atomic mass is 10.2. The summed E-state index contributed by atoms with van der Waals surface area (Å²) in [6, 6.07) is 11.0. The minimum Gasteiger partial charge on any atom is -0.491 e. The van der Waals surface area contributed by atoms with Crippen molar-refractivity contribution in [3.05, 3.63) is 58.9 Å². The molecule has 2 heterocycles. The van der Waals surface area contributed by atoms with Crippen LogP contribution in [0.3, 0.4) is 0 Å². The van der Waals surface area contributed by atoms with Gasteiger partial charge in [0, 0.05) is 23.3 Å². The molecule has 3 rings (SSSR count). The molecular formula is C15H13ClN2O2. The van der Waals surface area contributed by atoms with Gasteiger partial charge in [0.1, 0.15) is 18.1 Å². The van der Waals surface area contributed by atoms with E-state index in [-0.39, 0.29) is 5.91 Å². The van der Waals surface area contributed by atoms with Crippen molar-refractivity contribution in [2.75, 3.05) is 13.2 Å². The molecule has 0 N–H and O–H groups in total. The van der Waals surface area contributed by atoms with E-state index in [2.05, 4.69) is 4.98 Å². The second kappa shape index (κ2) is 5.51. The van der Waals surface area contributed by atoms with Crippen molar-refractivity contribution in [1.29, 1.82) is 0 Å². The smallest absolute Gasteiger partial charge is 0.272 e. The quantitative estimate of drug-likeness (QED) is 0.810. The topological polar surface area (TPSA) is 42.4 Å². The summed E-state index contributed by atoms with van der Waals surface area (Å²) in [6.45, 7) is 1.52. The van der Waals surface area contributed by atoms with E-state index in [1.807, 2.05) is 24.3 Å². The molecule has 0 fully saturated rings. The Morgan fingerprint density at radius 2 is 2.15 bits per heavy atom. The minimum absolute atomic E-state index is 0.132. The summed E-state index contributed by atoms with van der Waals surface area (Å²) >= 11 is 5.91. The molecule has 0 saturated heterocycles. The van der Waals surface area contributed by atoms with Crippen molar-refractivity contribution in [2.24, 2.45) is 0 Å². The summed E-state index contributed by atoms with van der Waals surface area (Å²) in [5.74, 6) is 0.703. The number of amides is 1. The Bertz CT molecular complexity index is 645. The summed E-state index contributed by atoms with van der Waals surface area (Å²) in [7, 11) is 0. The maximum absolute atomic E-state index is 12.5. The van der Waals surface area contributed by atoms with Gasteiger partial charge >= 0.3 is 0 Å². The average Bonchev–Trinajstić information content (AvgIpc) is 2.68. The molecule has 102 valence electrons. The summed E-state index contributed by atoms with van der Waals surface area (Å²) in [4.78, 5) is 18.3. The van der Waals surface area contributed by atoms with Crippen LogP contribution in [0.2, 0.25) is 5.02 Å². The van der Waals surface area contributed by atoms with Crippen LogP contribution in [0.15, 0.2) is 42.6 Å². The molecule has 2 aromatic rings. The first kappa shape index (κ1) is 12.9. The van der Waals surface area contributed by atoms with Crippen molar-refractivity contribution in [2.45, 2.75) is 6.54 Å². The normalized spacial score (nSPS) is 14.2. The highest BCUT2D eigenvalue weighted by molar-refractivity contribution is 6.30. The molecule has 0 radical (unpaired) electrons. The van der Waals surface area contributed by atoms with Crippen molar-refractivity contribution in [1.82, 2.24) is 9.88 Å². The van der Waals surface area contributed by atoms with Crippen molar-refractivity contribution < 1.29 is 9.53 Å². The van der Waals surface area contributed by atoms with E-state index in [1.165, 1.54) is 6.20 Å². The van der Waals surface area contributed by atoms with Gasteiger partial charge in [-0.1, -0.05) is 29.8 Å². The summed E-state index contributed by atoms with van der Waals surface area (Å²) in [6.07, 6.45) is 1.54. The number of pyridine rings is 1. The van der Waals surface area contributed by atoms with Gasteiger partial charge in [-0.2, -0.15) is 0 Å². The number of carbonyl (C=O) groups excluding carboxylic acids is 1. The highest BCUT2D eigenvalue weighted by Gasteiger charge is 2.21. The molecule has 0 bridgehead atoms. The van der Waals surface area contributed by atoms with Crippen LogP contribution >= 0.6 is 11.6 Å². The van der Waals surface area contributed by atoms with Gasteiger partial charge in [0.15, 0.2) is 0 Å². The van der Waals surface area contributed by atoms with Gasteiger partial charge in [-0.15, -0.1) is 0 Å². The lowest BCUT2D eigenvalue weighted by molar-refractivity contribution is 0.0727. The third kappa shape index (κ3) is 2.60. The molecule has 4 nitrogen and oxygen atoms in total. The number of halogens is 1. The monoisotopic (exact) mass is 288 g/mol. The first-order valence-electron chi connectivity index (χ1n) is 6.35. The fourth-order valence-electron chi connectivity index (χ4n) is 2.18. The first-order chi connectivity index (χ1) is 9.74. The van der Waals surface area contributed by atoms with Crippen LogP contribution in [0.5, 0.6) is 5.75 Å². The maximum atomic E-state index is 12.5. The van der Waals surface area contributed by atoms with Crippen LogP contribution in [0.1, 0.15) is 16.1 Å². The van der Waals surface area contributed by atoms with Crippen LogP contribution in [0.4, 0.5) is 0 Å². The molecular weight excluding hydrogens is 276 g/mol. The van der Waals surface area contributed by atoms with Crippen molar-refractivity contribution in [3.63, 3.8) is 0 Å². The van der Waals surface area contributed by atoms with E-state index in [1.54, 1.807) is 17.0 Å². The van der Waals surface area contributed by atoms with Crippen LogP contribution in [-0.4, -0.2) is 28.9 Å². The molecule has 1 aliphatic rings. The highest BCUT2D eigenvalue weighted by atomic mass is 35.5. The Labute approximate surface area is 122 Å². The SMILES string of the molecule is O=C(c1cc(Cl)ccn1)N1CCOc2ccccc2C1. The van der Waals surface area contributed by atoms with Gasteiger partial charge in [-0.3, -0.25) is 9.78 Å². The standard InChI is InChI=1S/C15H13ClN2O2/c16-12-5-6-17-13(9-12)15(19)18-7-8-20-14-4-2-1-3-11(14)10-18/h1-6,9H,7-8,10H2. The van der Waals surface area contributed by atoms with Crippen LogP contribution in [0.25, 0.3) is 0 Å². The fourth-order valence-corrected chi connectivity index (χ4v) is 2.34. The Morgan fingerprint density at radius 3 is 3.00 bits per heavy atom.